The molecule has 0 radical (unpaired) electrons. The van der Waals surface area contributed by atoms with Crippen LogP contribution >= 0.6 is 11.8 Å². The quantitative estimate of drug-likeness (QED) is 0.922. The van der Waals surface area contributed by atoms with Crippen molar-refractivity contribution >= 4 is 11.8 Å². The Bertz CT molecular complexity index is 626. The number of rotatable bonds is 5. The third-order valence-corrected chi connectivity index (χ3v) is 5.10. The fraction of sp³-hybridized carbons (Fsp3) is 0.438. The second-order valence-corrected chi connectivity index (χ2v) is 6.62. The van der Waals surface area contributed by atoms with E-state index in [9.17, 15) is 0 Å². The van der Waals surface area contributed by atoms with E-state index in [1.165, 1.54) is 16.0 Å². The first-order valence-corrected chi connectivity index (χ1v) is 8.14. The number of thioether (sulfide) groups is 1. The molecule has 0 spiro atoms. The Morgan fingerprint density at radius 2 is 2.33 bits per heavy atom. The average molecular weight is 303 g/mol. The van der Waals surface area contributed by atoms with Crippen molar-refractivity contribution < 1.29 is 4.74 Å². The van der Waals surface area contributed by atoms with Gasteiger partial charge in [0.25, 0.3) is 0 Å². The summed E-state index contributed by atoms with van der Waals surface area (Å²) in [6.07, 6.45) is 5.10. The molecular weight excluding hydrogens is 282 g/mol. The predicted octanol–water partition coefficient (Wildman–Crippen LogP) is 2.80. The first-order chi connectivity index (χ1) is 10.2. The van der Waals surface area contributed by atoms with Crippen LogP contribution in [0.15, 0.2) is 35.5 Å². The van der Waals surface area contributed by atoms with Gasteiger partial charge in [0.1, 0.15) is 5.75 Å². The predicted molar refractivity (Wildman–Crippen MR) is 86.0 cm³/mol. The van der Waals surface area contributed by atoms with Gasteiger partial charge in [-0.05, 0) is 36.2 Å². The molecule has 3 rings (SSSR count). The number of aromatic nitrogens is 2. The summed E-state index contributed by atoms with van der Waals surface area (Å²) in [6.45, 7) is 3.12. The molecule has 21 heavy (non-hydrogen) atoms. The second-order valence-electron chi connectivity index (χ2n) is 5.31. The van der Waals surface area contributed by atoms with Crippen molar-refractivity contribution in [2.45, 2.75) is 29.5 Å². The Morgan fingerprint density at radius 1 is 1.48 bits per heavy atom. The van der Waals surface area contributed by atoms with E-state index in [-0.39, 0.29) is 0 Å². The van der Waals surface area contributed by atoms with Crippen molar-refractivity contribution in [3.8, 4) is 5.75 Å². The third-order valence-electron chi connectivity index (χ3n) is 3.87. The zero-order chi connectivity index (χ0) is 14.8. The molecule has 4 nitrogen and oxygen atoms in total. The molecule has 2 unspecified atom stereocenters. The monoisotopic (exact) mass is 303 g/mol. The number of hydrogen-bond acceptors (Lipinski definition) is 4. The Labute approximate surface area is 129 Å². The van der Waals surface area contributed by atoms with Gasteiger partial charge in [-0.3, -0.25) is 4.68 Å². The Balaban J connectivity index is 1.85. The second kappa shape index (κ2) is 6.12. The van der Waals surface area contributed by atoms with Crippen LogP contribution in [-0.4, -0.2) is 28.7 Å². The molecule has 0 amide bonds. The van der Waals surface area contributed by atoms with Gasteiger partial charge in [0.05, 0.1) is 13.3 Å². The van der Waals surface area contributed by atoms with Crippen LogP contribution in [0.1, 0.15) is 24.1 Å². The number of benzene rings is 1. The molecule has 0 fully saturated rings. The molecular formula is C16H21N3OS. The molecule has 1 aromatic heterocycles. The minimum Gasteiger partial charge on any atom is -0.497 e. The molecule has 1 aromatic carbocycles. The maximum atomic E-state index is 5.37. The van der Waals surface area contributed by atoms with E-state index in [2.05, 4.69) is 41.7 Å². The Kier molecular flexibility index (Phi) is 4.22. The summed E-state index contributed by atoms with van der Waals surface area (Å²) >= 11 is 1.90. The summed E-state index contributed by atoms with van der Waals surface area (Å²) in [5, 5.41) is 8.38. The highest BCUT2D eigenvalue weighted by Crippen LogP contribution is 2.42. The first kappa shape index (κ1) is 14.5. The summed E-state index contributed by atoms with van der Waals surface area (Å²) in [5.41, 5.74) is 2.79. The number of nitrogens with zero attached hydrogens (tertiary/aromatic N) is 2. The van der Waals surface area contributed by atoms with E-state index in [0.29, 0.717) is 11.3 Å². The van der Waals surface area contributed by atoms with Gasteiger partial charge >= 0.3 is 0 Å². The smallest absolute Gasteiger partial charge is 0.119 e. The molecule has 1 aliphatic rings. The van der Waals surface area contributed by atoms with Crippen LogP contribution < -0.4 is 10.1 Å². The summed E-state index contributed by atoms with van der Waals surface area (Å²) in [4.78, 5) is 1.23. The van der Waals surface area contributed by atoms with Crippen molar-refractivity contribution in [2.24, 2.45) is 7.05 Å². The highest BCUT2D eigenvalue weighted by Gasteiger charge is 2.33. The van der Waals surface area contributed by atoms with E-state index in [1.54, 1.807) is 7.11 Å². The van der Waals surface area contributed by atoms with Gasteiger partial charge in [-0.1, -0.05) is 13.0 Å². The van der Waals surface area contributed by atoms with E-state index in [0.717, 1.165) is 18.7 Å². The number of fused-ring (bicyclic) bond motifs is 1. The van der Waals surface area contributed by atoms with E-state index >= 15 is 0 Å². The largest absolute Gasteiger partial charge is 0.497 e. The molecule has 112 valence electrons. The summed E-state index contributed by atoms with van der Waals surface area (Å²) in [7, 11) is 3.68. The lowest BCUT2D eigenvalue weighted by Crippen LogP contribution is -2.26. The standard InChI is InChI=1S/C16H21N3OS/c1-4-17-16-14-8-12(20-3)6-5-11(14)7-15(16)21-13-9-18-19(2)10-13/h5-6,8-10,15-17H,4,7H2,1-3H3. The minimum absolute atomic E-state index is 0.366. The summed E-state index contributed by atoms with van der Waals surface area (Å²) in [6, 6.07) is 6.79. The third kappa shape index (κ3) is 2.94. The van der Waals surface area contributed by atoms with E-state index in [1.807, 2.05) is 29.7 Å². The number of methoxy groups -OCH3 is 1. The number of aryl methyl sites for hydroxylation is 1. The lowest BCUT2D eigenvalue weighted by Gasteiger charge is -2.20. The van der Waals surface area contributed by atoms with Crippen LogP contribution in [0, 0.1) is 0 Å². The van der Waals surface area contributed by atoms with Crippen molar-refractivity contribution in [2.75, 3.05) is 13.7 Å². The van der Waals surface area contributed by atoms with Crippen LogP contribution in [0.4, 0.5) is 0 Å². The topological polar surface area (TPSA) is 39.1 Å². The Morgan fingerprint density at radius 3 is 3.00 bits per heavy atom. The van der Waals surface area contributed by atoms with Crippen molar-refractivity contribution in [3.05, 3.63) is 41.7 Å². The van der Waals surface area contributed by atoms with Gasteiger partial charge in [-0.15, -0.1) is 11.8 Å². The van der Waals surface area contributed by atoms with Gasteiger partial charge in [0.2, 0.25) is 0 Å². The van der Waals surface area contributed by atoms with Crippen molar-refractivity contribution in [1.29, 1.82) is 0 Å². The minimum atomic E-state index is 0.366. The van der Waals surface area contributed by atoms with Crippen LogP contribution in [0.5, 0.6) is 5.75 Å². The highest BCUT2D eigenvalue weighted by molar-refractivity contribution is 8.00. The lowest BCUT2D eigenvalue weighted by atomic mass is 10.1. The van der Waals surface area contributed by atoms with Crippen LogP contribution in [0.2, 0.25) is 0 Å². The van der Waals surface area contributed by atoms with Crippen molar-refractivity contribution in [3.63, 3.8) is 0 Å². The number of nitrogens with one attached hydrogen (secondary N) is 1. The normalized spacial score (nSPS) is 20.5. The molecule has 5 heteroatoms. The van der Waals surface area contributed by atoms with Crippen LogP contribution in [-0.2, 0) is 13.5 Å². The molecule has 0 aliphatic heterocycles. The molecule has 0 bridgehead atoms. The fourth-order valence-corrected chi connectivity index (χ4v) is 4.23. The molecule has 1 N–H and O–H groups in total. The zero-order valence-electron chi connectivity index (χ0n) is 12.7. The average Bonchev–Trinajstić information content (AvgIpc) is 3.04. The van der Waals surface area contributed by atoms with Crippen LogP contribution in [0.3, 0.4) is 0 Å². The number of hydrogen-bond donors (Lipinski definition) is 1. The fourth-order valence-electron chi connectivity index (χ4n) is 2.92. The SMILES string of the molecule is CCNC1c2cc(OC)ccc2CC1Sc1cnn(C)c1. The molecule has 0 saturated carbocycles. The molecule has 1 heterocycles. The Hall–Kier alpha value is -1.46. The van der Waals surface area contributed by atoms with Gasteiger partial charge in [-0.2, -0.15) is 5.10 Å². The van der Waals surface area contributed by atoms with E-state index < -0.39 is 0 Å². The number of ether oxygens (including phenoxy) is 1. The van der Waals surface area contributed by atoms with Gasteiger partial charge in [0, 0.05) is 29.4 Å². The maximum Gasteiger partial charge on any atom is 0.119 e. The molecule has 2 atom stereocenters. The van der Waals surface area contributed by atoms with Crippen molar-refractivity contribution in [1.82, 2.24) is 15.1 Å². The lowest BCUT2D eigenvalue weighted by molar-refractivity contribution is 0.413. The van der Waals surface area contributed by atoms with Crippen LogP contribution in [0.25, 0.3) is 0 Å². The first-order valence-electron chi connectivity index (χ1n) is 7.26. The van der Waals surface area contributed by atoms with Gasteiger partial charge < -0.3 is 10.1 Å². The highest BCUT2D eigenvalue weighted by atomic mass is 32.2. The summed E-state index contributed by atoms with van der Waals surface area (Å²) in [5.74, 6) is 0.934. The molecule has 1 aliphatic carbocycles. The van der Waals surface area contributed by atoms with Gasteiger partial charge in [-0.25, -0.2) is 0 Å². The summed E-state index contributed by atoms with van der Waals surface area (Å²) < 4.78 is 7.23. The van der Waals surface area contributed by atoms with E-state index in [4.69, 9.17) is 4.74 Å². The zero-order valence-corrected chi connectivity index (χ0v) is 13.5. The molecule has 0 saturated heterocycles. The van der Waals surface area contributed by atoms with Gasteiger partial charge in [0.15, 0.2) is 0 Å². The molecule has 2 aromatic rings. The maximum absolute atomic E-state index is 5.37.